The van der Waals surface area contributed by atoms with Crippen molar-refractivity contribution < 1.29 is 23.4 Å². The summed E-state index contributed by atoms with van der Waals surface area (Å²) in [6.07, 6.45) is 2.53. The molecule has 2 bridgehead atoms. The lowest BCUT2D eigenvalue weighted by molar-refractivity contribution is 0.100. The number of likely N-dealkylation sites (tertiary alicyclic amines) is 2. The van der Waals surface area contributed by atoms with Gasteiger partial charge in [-0.3, -0.25) is 9.88 Å². The van der Waals surface area contributed by atoms with Crippen molar-refractivity contribution in [1.29, 1.82) is 0 Å². The number of hydrogen-bond acceptors (Lipinski definition) is 7. The highest BCUT2D eigenvalue weighted by molar-refractivity contribution is 5.79. The van der Waals surface area contributed by atoms with Crippen molar-refractivity contribution in [3.05, 3.63) is 65.1 Å². The quantitative estimate of drug-likeness (QED) is 0.411. The normalized spacial score (nSPS) is 19.0. The number of fused-ring (bicyclic) bond motifs is 3. The van der Waals surface area contributed by atoms with Gasteiger partial charge in [-0.15, -0.1) is 0 Å². The molecule has 0 radical (unpaired) electrons. The lowest BCUT2D eigenvalue weighted by Gasteiger charge is -2.32. The molecule has 1 aromatic carbocycles. The molecule has 2 fully saturated rings. The molecule has 4 aromatic rings. The molecule has 1 N–H and O–H groups in total. The molecule has 12 heteroatoms. The van der Waals surface area contributed by atoms with Crippen LogP contribution in [0.4, 0.5) is 13.6 Å². The number of methoxy groups -OCH3 is 1. The van der Waals surface area contributed by atoms with Gasteiger partial charge in [0.15, 0.2) is 5.65 Å². The summed E-state index contributed by atoms with van der Waals surface area (Å²) in [5.74, 6) is -0.516. The number of nitrogens with zero attached hydrogens (tertiary/aromatic N) is 7. The minimum Gasteiger partial charge on any atom is -0.467 e. The van der Waals surface area contributed by atoms with Crippen LogP contribution in [0.1, 0.15) is 23.2 Å². The summed E-state index contributed by atoms with van der Waals surface area (Å²) in [5, 5.41) is 9.31. The van der Waals surface area contributed by atoms with Crippen molar-refractivity contribution in [2.75, 3.05) is 20.2 Å². The van der Waals surface area contributed by atoms with Gasteiger partial charge in [0.1, 0.15) is 23.0 Å². The smallest absolute Gasteiger partial charge is 0.407 e. The third-order valence-electron chi connectivity index (χ3n) is 7.33. The minimum atomic E-state index is -0.883. The van der Waals surface area contributed by atoms with Crippen LogP contribution in [0.15, 0.2) is 36.7 Å². The monoisotopic (exact) mass is 521 g/mol. The number of benzene rings is 1. The van der Waals surface area contributed by atoms with Gasteiger partial charge >= 0.3 is 12.1 Å². The maximum atomic E-state index is 15.4. The number of aromatic nitrogens is 5. The highest BCUT2D eigenvalue weighted by atomic mass is 19.1. The lowest BCUT2D eigenvalue weighted by atomic mass is 10.1. The zero-order valence-corrected chi connectivity index (χ0v) is 20.8. The second-order valence-corrected chi connectivity index (χ2v) is 9.71. The van der Waals surface area contributed by atoms with Gasteiger partial charge in [0.25, 0.3) is 0 Å². The van der Waals surface area contributed by atoms with Gasteiger partial charge in [0.2, 0.25) is 0 Å². The molecule has 0 saturated carbocycles. The van der Waals surface area contributed by atoms with Crippen molar-refractivity contribution in [1.82, 2.24) is 34.3 Å². The second kappa shape index (κ2) is 9.28. The number of rotatable bonds is 6. The molecule has 5 heterocycles. The van der Waals surface area contributed by atoms with Crippen LogP contribution in [0.3, 0.4) is 0 Å². The van der Waals surface area contributed by atoms with E-state index in [1.54, 1.807) is 17.6 Å². The van der Waals surface area contributed by atoms with Crippen LogP contribution in [-0.2, 0) is 13.1 Å². The highest BCUT2D eigenvalue weighted by Crippen LogP contribution is 2.32. The van der Waals surface area contributed by atoms with E-state index in [4.69, 9.17) is 4.74 Å². The van der Waals surface area contributed by atoms with E-state index in [1.165, 1.54) is 30.3 Å². The van der Waals surface area contributed by atoms with Gasteiger partial charge in [-0.2, -0.15) is 9.97 Å². The van der Waals surface area contributed by atoms with Crippen molar-refractivity contribution in [2.45, 2.75) is 38.5 Å². The Balaban J connectivity index is 1.31. The SMILES string of the molecule is COc1nc(C)c2nc(-c3cncc(F)c3)n(Cc3ccc(CN4C[C@@H]5C[C@H]4CN5C(=O)O)cc3F)c2n1. The van der Waals surface area contributed by atoms with Gasteiger partial charge in [0, 0.05) is 49.0 Å². The molecule has 2 saturated heterocycles. The molecule has 10 nitrogen and oxygen atoms in total. The van der Waals surface area contributed by atoms with Crippen LogP contribution in [0.25, 0.3) is 22.6 Å². The number of pyridine rings is 1. The predicted octanol–water partition coefficient (Wildman–Crippen LogP) is 3.47. The van der Waals surface area contributed by atoms with E-state index in [9.17, 15) is 14.3 Å². The van der Waals surface area contributed by atoms with Crippen LogP contribution in [0, 0.1) is 18.6 Å². The summed E-state index contributed by atoms with van der Waals surface area (Å²) in [6.45, 7) is 3.54. The Morgan fingerprint density at radius 3 is 2.63 bits per heavy atom. The average molecular weight is 522 g/mol. The fourth-order valence-electron chi connectivity index (χ4n) is 5.51. The highest BCUT2D eigenvalue weighted by Gasteiger charge is 2.45. The summed E-state index contributed by atoms with van der Waals surface area (Å²) in [5.41, 5.74) is 3.17. The first kappa shape index (κ1) is 24.2. The summed E-state index contributed by atoms with van der Waals surface area (Å²) < 4.78 is 36.4. The first-order valence-electron chi connectivity index (χ1n) is 12.2. The number of piperazine rings is 1. The third kappa shape index (κ3) is 4.20. The van der Waals surface area contributed by atoms with E-state index in [2.05, 4.69) is 24.8 Å². The van der Waals surface area contributed by atoms with E-state index in [0.29, 0.717) is 53.4 Å². The van der Waals surface area contributed by atoms with Crippen LogP contribution in [0.5, 0.6) is 6.01 Å². The fourth-order valence-corrected chi connectivity index (χ4v) is 5.51. The van der Waals surface area contributed by atoms with Crippen LogP contribution in [0.2, 0.25) is 0 Å². The first-order valence-corrected chi connectivity index (χ1v) is 12.2. The number of amides is 1. The Morgan fingerprint density at radius 2 is 1.95 bits per heavy atom. The van der Waals surface area contributed by atoms with Crippen molar-refractivity contribution in [3.8, 4) is 17.4 Å². The van der Waals surface area contributed by atoms with Crippen LogP contribution in [-0.4, -0.2) is 77.8 Å². The standard InChI is InChI=1S/C26H25F2N7O3/c1-14-22-24(32-25(30-14)38-2)35(23(31-22)17-6-18(27)9-29-8-17)11-16-4-3-15(5-21(16)28)10-33-12-20-7-19(33)13-34(20)26(36)37/h3-6,8-9,19-20H,7,10-13H2,1-2H3,(H,36,37)/t19-,20-/m0/s1. The van der Waals surface area contributed by atoms with Gasteiger partial charge < -0.3 is 19.3 Å². The molecule has 0 spiro atoms. The van der Waals surface area contributed by atoms with E-state index >= 15 is 4.39 Å². The molecule has 2 aliphatic heterocycles. The Labute approximate surface area is 216 Å². The molecule has 196 valence electrons. The maximum absolute atomic E-state index is 15.4. The molecule has 6 rings (SSSR count). The van der Waals surface area contributed by atoms with Crippen molar-refractivity contribution >= 4 is 17.3 Å². The number of aryl methyl sites for hydroxylation is 1. The largest absolute Gasteiger partial charge is 0.467 e. The Kier molecular flexibility index (Phi) is 5.90. The maximum Gasteiger partial charge on any atom is 0.407 e. The topological polar surface area (TPSA) is 110 Å². The molecule has 1 amide bonds. The van der Waals surface area contributed by atoms with Crippen LogP contribution < -0.4 is 4.74 Å². The molecular weight excluding hydrogens is 496 g/mol. The summed E-state index contributed by atoms with van der Waals surface area (Å²) >= 11 is 0. The Morgan fingerprint density at radius 1 is 1.11 bits per heavy atom. The number of ether oxygens (including phenoxy) is 1. The molecule has 38 heavy (non-hydrogen) atoms. The summed E-state index contributed by atoms with van der Waals surface area (Å²) in [6, 6.07) is 6.73. The predicted molar refractivity (Wildman–Crippen MR) is 133 cm³/mol. The number of imidazole rings is 1. The number of carboxylic acid groups (broad SMARTS) is 1. The summed E-state index contributed by atoms with van der Waals surface area (Å²) in [7, 11) is 1.46. The molecular formula is C26H25F2N7O3. The molecule has 3 aromatic heterocycles. The zero-order chi connectivity index (χ0) is 26.6. The van der Waals surface area contributed by atoms with Gasteiger partial charge in [-0.25, -0.2) is 18.6 Å². The van der Waals surface area contributed by atoms with Crippen LogP contribution >= 0.6 is 0 Å². The Bertz CT molecular complexity index is 1560. The number of hydrogen-bond donors (Lipinski definition) is 1. The van der Waals surface area contributed by atoms with Gasteiger partial charge in [-0.1, -0.05) is 12.1 Å². The Hall–Kier alpha value is -4.19. The molecule has 0 unspecified atom stereocenters. The molecule has 2 atom stereocenters. The van der Waals surface area contributed by atoms with E-state index in [-0.39, 0.29) is 30.5 Å². The second-order valence-electron chi connectivity index (χ2n) is 9.71. The number of carbonyl (C=O) groups is 1. The van der Waals surface area contributed by atoms with E-state index in [0.717, 1.165) is 18.2 Å². The first-order chi connectivity index (χ1) is 18.3. The van der Waals surface area contributed by atoms with E-state index < -0.39 is 11.9 Å². The lowest BCUT2D eigenvalue weighted by Crippen LogP contribution is -2.47. The van der Waals surface area contributed by atoms with E-state index in [1.807, 2.05) is 6.07 Å². The average Bonchev–Trinajstić information content (AvgIpc) is 3.59. The molecule has 0 aliphatic carbocycles. The fraction of sp³-hybridized carbons (Fsp3) is 0.346. The van der Waals surface area contributed by atoms with Crippen molar-refractivity contribution in [3.63, 3.8) is 0 Å². The summed E-state index contributed by atoms with van der Waals surface area (Å²) in [4.78, 5) is 32.4. The zero-order valence-electron chi connectivity index (χ0n) is 20.8. The number of halogens is 2. The van der Waals surface area contributed by atoms with Gasteiger partial charge in [-0.05, 0) is 31.0 Å². The minimum absolute atomic E-state index is 0.00526. The molecule has 2 aliphatic rings. The van der Waals surface area contributed by atoms with Gasteiger partial charge in [0.05, 0.1) is 25.5 Å². The third-order valence-corrected chi connectivity index (χ3v) is 7.33. The van der Waals surface area contributed by atoms with Crippen molar-refractivity contribution in [2.24, 2.45) is 0 Å².